The van der Waals surface area contributed by atoms with Gasteiger partial charge in [0, 0.05) is 18.5 Å². The van der Waals surface area contributed by atoms with Crippen LogP contribution in [0.15, 0.2) is 34.2 Å². The normalized spacial score (nSPS) is 17.1. The van der Waals surface area contributed by atoms with E-state index < -0.39 is 0 Å². The highest BCUT2D eigenvalue weighted by atomic mass is 32.2. The van der Waals surface area contributed by atoms with Crippen LogP contribution in [0.25, 0.3) is 10.2 Å². The topological polar surface area (TPSA) is 73.7 Å². The molecule has 9 heteroatoms. The molecule has 1 aromatic carbocycles. The number of amides is 1. The number of hydrogen-bond donors (Lipinski definition) is 0. The van der Waals surface area contributed by atoms with Crippen LogP contribution in [0.5, 0.6) is 11.5 Å². The second-order valence-corrected chi connectivity index (χ2v) is 10.4. The molecule has 0 unspecified atom stereocenters. The Hall–Kier alpha value is -2.52. The first-order chi connectivity index (χ1) is 16.0. The maximum atomic E-state index is 13.2. The van der Waals surface area contributed by atoms with Crippen molar-refractivity contribution < 1.29 is 14.3 Å². The molecule has 3 aromatic rings. The summed E-state index contributed by atoms with van der Waals surface area (Å²) in [5.41, 5.74) is 1.22. The van der Waals surface area contributed by atoms with Gasteiger partial charge in [-0.15, -0.1) is 11.3 Å². The van der Waals surface area contributed by atoms with E-state index in [-0.39, 0.29) is 23.3 Å². The standard InChI is InChI=1S/C24H27N3O4S2/c1-3-27-23(29)21-16-8-4-7-11-19(16)33-22(21)25-24(27)32-14-20(28)26(2)12-15-13-30-17-9-5-6-10-18(17)31-15/h5-6,9-10,15H,3-4,7-8,11-14H2,1-2H3/t15-/m1/s1. The first kappa shape index (κ1) is 22.3. The molecule has 0 radical (unpaired) electrons. The van der Waals surface area contributed by atoms with Gasteiger partial charge in [-0.05, 0) is 50.3 Å². The molecule has 174 valence electrons. The molecule has 2 aromatic heterocycles. The van der Waals surface area contributed by atoms with Gasteiger partial charge in [-0.25, -0.2) is 4.98 Å². The zero-order chi connectivity index (χ0) is 22.9. The molecule has 0 N–H and O–H groups in total. The first-order valence-corrected chi connectivity index (χ1v) is 13.2. The number of hydrogen-bond acceptors (Lipinski definition) is 7. The van der Waals surface area contributed by atoms with Crippen molar-refractivity contribution in [2.45, 2.75) is 50.4 Å². The lowest BCUT2D eigenvalue weighted by Gasteiger charge is -2.29. The molecule has 33 heavy (non-hydrogen) atoms. The molecule has 1 amide bonds. The number of rotatable bonds is 6. The van der Waals surface area contributed by atoms with Crippen LogP contribution < -0.4 is 15.0 Å². The minimum Gasteiger partial charge on any atom is -0.486 e. The van der Waals surface area contributed by atoms with Gasteiger partial charge in [0.1, 0.15) is 11.4 Å². The van der Waals surface area contributed by atoms with E-state index in [0.717, 1.165) is 35.2 Å². The smallest absolute Gasteiger partial charge is 0.263 e. The molecular formula is C24H27N3O4S2. The fourth-order valence-electron chi connectivity index (χ4n) is 4.41. The number of aromatic nitrogens is 2. The molecule has 1 aliphatic heterocycles. The highest BCUT2D eigenvalue weighted by Crippen LogP contribution is 2.35. The maximum absolute atomic E-state index is 13.2. The molecule has 1 aliphatic carbocycles. The quantitative estimate of drug-likeness (QED) is 0.391. The number of nitrogens with zero attached hydrogens (tertiary/aromatic N) is 3. The van der Waals surface area contributed by atoms with Crippen molar-refractivity contribution in [3.63, 3.8) is 0 Å². The lowest BCUT2D eigenvalue weighted by atomic mass is 9.97. The molecule has 3 heterocycles. The van der Waals surface area contributed by atoms with Gasteiger partial charge in [-0.1, -0.05) is 23.9 Å². The summed E-state index contributed by atoms with van der Waals surface area (Å²) < 4.78 is 13.4. The van der Waals surface area contributed by atoms with Crippen LogP contribution in [0.4, 0.5) is 0 Å². The number of aryl methyl sites for hydroxylation is 2. The first-order valence-electron chi connectivity index (χ1n) is 11.4. The maximum Gasteiger partial charge on any atom is 0.263 e. The molecule has 0 saturated carbocycles. The highest BCUT2D eigenvalue weighted by Gasteiger charge is 2.25. The minimum absolute atomic E-state index is 0.0247. The fourth-order valence-corrected chi connectivity index (χ4v) is 6.71. The Bertz CT molecular complexity index is 1250. The molecule has 0 fully saturated rings. The Labute approximate surface area is 200 Å². The molecular weight excluding hydrogens is 458 g/mol. The van der Waals surface area contributed by atoms with E-state index in [0.29, 0.717) is 30.6 Å². The number of para-hydroxylation sites is 2. The largest absolute Gasteiger partial charge is 0.486 e. The summed E-state index contributed by atoms with van der Waals surface area (Å²) in [6, 6.07) is 7.55. The Kier molecular flexibility index (Phi) is 6.34. The lowest BCUT2D eigenvalue weighted by molar-refractivity contribution is -0.128. The summed E-state index contributed by atoms with van der Waals surface area (Å²) in [6.07, 6.45) is 4.07. The number of thioether (sulfide) groups is 1. The number of carbonyl (C=O) groups is 1. The number of likely N-dealkylation sites (N-methyl/N-ethyl adjacent to an activating group) is 1. The van der Waals surface area contributed by atoms with Gasteiger partial charge in [-0.2, -0.15) is 0 Å². The zero-order valence-electron chi connectivity index (χ0n) is 18.8. The summed E-state index contributed by atoms with van der Waals surface area (Å²) >= 11 is 2.97. The Balaban J connectivity index is 1.27. The van der Waals surface area contributed by atoms with E-state index in [1.165, 1.54) is 28.6 Å². The third kappa shape index (κ3) is 4.36. The van der Waals surface area contributed by atoms with E-state index >= 15 is 0 Å². The highest BCUT2D eigenvalue weighted by molar-refractivity contribution is 7.99. The Morgan fingerprint density at radius 1 is 1.27 bits per heavy atom. The number of fused-ring (bicyclic) bond motifs is 4. The number of ether oxygens (including phenoxy) is 2. The van der Waals surface area contributed by atoms with Crippen molar-refractivity contribution in [1.82, 2.24) is 14.5 Å². The van der Waals surface area contributed by atoms with Gasteiger partial charge in [-0.3, -0.25) is 14.2 Å². The van der Waals surface area contributed by atoms with Crippen molar-refractivity contribution >= 4 is 39.2 Å². The number of carbonyl (C=O) groups excluding carboxylic acids is 1. The summed E-state index contributed by atoms with van der Waals surface area (Å²) in [4.78, 5) is 34.7. The minimum atomic E-state index is -0.223. The molecule has 5 rings (SSSR count). The van der Waals surface area contributed by atoms with Crippen molar-refractivity contribution in [2.24, 2.45) is 0 Å². The van der Waals surface area contributed by atoms with Gasteiger partial charge in [0.25, 0.3) is 5.56 Å². The number of benzene rings is 1. The third-order valence-corrected chi connectivity index (χ3v) is 8.30. The van der Waals surface area contributed by atoms with Crippen molar-refractivity contribution in [3.05, 3.63) is 45.1 Å². The average Bonchev–Trinajstić information content (AvgIpc) is 3.21. The van der Waals surface area contributed by atoms with E-state index in [1.54, 1.807) is 27.9 Å². The average molecular weight is 486 g/mol. The van der Waals surface area contributed by atoms with E-state index in [4.69, 9.17) is 14.5 Å². The van der Waals surface area contributed by atoms with Crippen LogP contribution in [-0.2, 0) is 24.2 Å². The van der Waals surface area contributed by atoms with Gasteiger partial charge in [0.15, 0.2) is 22.8 Å². The van der Waals surface area contributed by atoms with Gasteiger partial charge in [0.2, 0.25) is 5.91 Å². The van der Waals surface area contributed by atoms with Crippen LogP contribution in [0, 0.1) is 0 Å². The van der Waals surface area contributed by atoms with Crippen molar-refractivity contribution in [3.8, 4) is 11.5 Å². The molecule has 0 saturated heterocycles. The predicted molar refractivity (Wildman–Crippen MR) is 131 cm³/mol. The van der Waals surface area contributed by atoms with Gasteiger partial charge >= 0.3 is 0 Å². The van der Waals surface area contributed by atoms with Crippen molar-refractivity contribution in [1.29, 1.82) is 0 Å². The molecule has 1 atom stereocenters. The number of thiophene rings is 1. The van der Waals surface area contributed by atoms with Gasteiger partial charge in [0.05, 0.1) is 17.7 Å². The third-order valence-electron chi connectivity index (χ3n) is 6.15. The van der Waals surface area contributed by atoms with Crippen LogP contribution in [0.2, 0.25) is 0 Å². The summed E-state index contributed by atoms with van der Waals surface area (Å²) in [5.74, 6) is 1.61. The van der Waals surface area contributed by atoms with Crippen LogP contribution in [0.3, 0.4) is 0 Å². The SMILES string of the molecule is CCn1c(SCC(=O)N(C)C[C@@H]2COc3ccccc3O2)nc2sc3c(c2c1=O)CCCC3. The van der Waals surface area contributed by atoms with E-state index in [9.17, 15) is 9.59 Å². The monoisotopic (exact) mass is 485 g/mol. The summed E-state index contributed by atoms with van der Waals surface area (Å²) in [7, 11) is 1.77. The molecule has 0 bridgehead atoms. The van der Waals surface area contributed by atoms with Gasteiger partial charge < -0.3 is 14.4 Å². The molecule has 7 nitrogen and oxygen atoms in total. The Morgan fingerprint density at radius 3 is 2.88 bits per heavy atom. The van der Waals surface area contributed by atoms with Crippen LogP contribution in [-0.4, -0.2) is 52.4 Å². The summed E-state index contributed by atoms with van der Waals surface area (Å²) in [5, 5.41) is 1.40. The van der Waals surface area contributed by atoms with Crippen LogP contribution >= 0.6 is 23.1 Å². The second-order valence-electron chi connectivity index (χ2n) is 8.40. The zero-order valence-corrected chi connectivity index (χ0v) is 20.5. The molecule has 0 spiro atoms. The summed E-state index contributed by atoms with van der Waals surface area (Å²) in [6.45, 7) is 3.31. The lowest BCUT2D eigenvalue weighted by Crippen LogP contribution is -2.42. The Morgan fingerprint density at radius 2 is 2.06 bits per heavy atom. The van der Waals surface area contributed by atoms with E-state index in [2.05, 4.69) is 0 Å². The van der Waals surface area contributed by atoms with Crippen molar-refractivity contribution in [2.75, 3.05) is 26.0 Å². The van der Waals surface area contributed by atoms with Crippen LogP contribution in [0.1, 0.15) is 30.2 Å². The van der Waals surface area contributed by atoms with E-state index in [1.807, 2.05) is 31.2 Å². The molecule has 2 aliphatic rings. The predicted octanol–water partition coefficient (Wildman–Crippen LogP) is 3.75. The fraction of sp³-hybridized carbons (Fsp3) is 0.458. The second kappa shape index (κ2) is 9.38.